The summed E-state index contributed by atoms with van der Waals surface area (Å²) in [5.41, 5.74) is 12.6. The average molecular weight is 181 g/mol. The summed E-state index contributed by atoms with van der Waals surface area (Å²) in [6, 6.07) is -0.431. The molecule has 1 aromatic heterocycles. The van der Waals surface area contributed by atoms with Gasteiger partial charge in [0.25, 0.3) is 0 Å². The fourth-order valence-electron chi connectivity index (χ4n) is 1.52. The lowest BCUT2D eigenvalue weighted by atomic mass is 10.3. The normalized spacial score (nSPS) is 14.7. The second-order valence-electron chi connectivity index (χ2n) is 3.13. The van der Waals surface area contributed by atoms with Crippen LogP contribution in [0.5, 0.6) is 0 Å². The van der Waals surface area contributed by atoms with E-state index < -0.39 is 6.03 Å². The number of nitrogens with zero attached hydrogens (tertiary/aromatic N) is 3. The highest BCUT2D eigenvalue weighted by atomic mass is 16.2. The topological polar surface area (TPSA) is 90.2 Å². The summed E-state index contributed by atoms with van der Waals surface area (Å²) in [5, 5.41) is 4.17. The van der Waals surface area contributed by atoms with E-state index in [1.54, 1.807) is 11.7 Å². The van der Waals surface area contributed by atoms with Gasteiger partial charge in [-0.1, -0.05) is 0 Å². The highest BCUT2D eigenvalue weighted by Gasteiger charge is 2.27. The number of aryl methyl sites for hydroxylation is 1. The van der Waals surface area contributed by atoms with E-state index in [-0.39, 0.29) is 0 Å². The minimum atomic E-state index is -0.431. The van der Waals surface area contributed by atoms with Gasteiger partial charge in [-0.2, -0.15) is 5.10 Å². The van der Waals surface area contributed by atoms with Gasteiger partial charge in [-0.3, -0.25) is 4.68 Å². The van der Waals surface area contributed by atoms with Crippen molar-refractivity contribution in [3.63, 3.8) is 0 Å². The highest BCUT2D eigenvalue weighted by molar-refractivity contribution is 5.73. The zero-order valence-corrected chi connectivity index (χ0v) is 7.32. The van der Waals surface area contributed by atoms with Gasteiger partial charge in [-0.05, 0) is 0 Å². The number of fused-ring (bicyclic) bond motifs is 1. The summed E-state index contributed by atoms with van der Waals surface area (Å²) in [7, 11) is 1.78. The number of nitrogen functional groups attached to an aromatic ring is 1. The summed E-state index contributed by atoms with van der Waals surface area (Å²) in [6.07, 6.45) is 0. The van der Waals surface area contributed by atoms with Gasteiger partial charge in [0.05, 0.1) is 18.8 Å². The van der Waals surface area contributed by atoms with E-state index in [1.807, 2.05) is 0 Å². The Labute approximate surface area is 75.1 Å². The van der Waals surface area contributed by atoms with Crippen molar-refractivity contribution in [2.75, 3.05) is 5.73 Å². The fraction of sp³-hybridized carbons (Fsp3) is 0.429. The fourth-order valence-corrected chi connectivity index (χ4v) is 1.52. The maximum absolute atomic E-state index is 10.8. The molecule has 0 radical (unpaired) electrons. The number of hydrogen-bond donors (Lipinski definition) is 2. The Hall–Kier alpha value is -1.72. The molecule has 6 nitrogen and oxygen atoms in total. The van der Waals surface area contributed by atoms with E-state index in [0.717, 1.165) is 11.3 Å². The first-order valence-electron chi connectivity index (χ1n) is 3.94. The smallest absolute Gasteiger partial charge is 0.315 e. The maximum Gasteiger partial charge on any atom is 0.315 e. The first kappa shape index (κ1) is 7.90. The second-order valence-corrected chi connectivity index (χ2v) is 3.13. The molecule has 0 atom stereocenters. The van der Waals surface area contributed by atoms with Gasteiger partial charge in [0, 0.05) is 12.6 Å². The van der Waals surface area contributed by atoms with Crippen molar-refractivity contribution < 1.29 is 4.79 Å². The van der Waals surface area contributed by atoms with Crippen LogP contribution in [0.2, 0.25) is 0 Å². The summed E-state index contributed by atoms with van der Waals surface area (Å²) in [4.78, 5) is 12.3. The molecule has 0 fully saturated rings. The first-order valence-corrected chi connectivity index (χ1v) is 3.94. The largest absolute Gasteiger partial charge is 0.384 e. The van der Waals surface area contributed by atoms with Crippen molar-refractivity contribution in [1.82, 2.24) is 14.7 Å². The Morgan fingerprint density at radius 2 is 2.23 bits per heavy atom. The van der Waals surface area contributed by atoms with E-state index >= 15 is 0 Å². The monoisotopic (exact) mass is 181 g/mol. The molecule has 1 aliphatic rings. The van der Waals surface area contributed by atoms with Crippen molar-refractivity contribution in [3.8, 4) is 0 Å². The van der Waals surface area contributed by atoms with Gasteiger partial charge in [0.2, 0.25) is 0 Å². The Morgan fingerprint density at radius 1 is 1.54 bits per heavy atom. The number of anilines is 1. The predicted molar refractivity (Wildman–Crippen MR) is 46.5 cm³/mol. The SMILES string of the molecule is Cn1nc2c(c1N)CN(C(N)=O)C2. The molecule has 1 aromatic rings. The first-order chi connectivity index (χ1) is 6.09. The van der Waals surface area contributed by atoms with Gasteiger partial charge in [0.15, 0.2) is 0 Å². The Morgan fingerprint density at radius 3 is 2.77 bits per heavy atom. The number of aromatic nitrogens is 2. The standard InChI is InChI=1S/C7H11N5O/c1-11-6(8)4-2-12(7(9)13)3-5(4)10-11/h2-3,8H2,1H3,(H2,9,13). The van der Waals surface area contributed by atoms with Crippen LogP contribution in [0.1, 0.15) is 11.3 Å². The molecule has 6 heteroatoms. The lowest BCUT2D eigenvalue weighted by Crippen LogP contribution is -2.31. The van der Waals surface area contributed by atoms with Crippen LogP contribution in [-0.2, 0) is 20.1 Å². The van der Waals surface area contributed by atoms with Crippen molar-refractivity contribution in [3.05, 3.63) is 11.3 Å². The van der Waals surface area contributed by atoms with E-state index in [2.05, 4.69) is 5.10 Å². The summed E-state index contributed by atoms with van der Waals surface area (Å²) >= 11 is 0. The van der Waals surface area contributed by atoms with Gasteiger partial charge in [-0.25, -0.2) is 4.79 Å². The van der Waals surface area contributed by atoms with Crippen molar-refractivity contribution in [2.24, 2.45) is 12.8 Å². The minimum Gasteiger partial charge on any atom is -0.384 e. The molecule has 0 saturated carbocycles. The second kappa shape index (κ2) is 2.38. The van der Waals surface area contributed by atoms with Gasteiger partial charge >= 0.3 is 6.03 Å². The van der Waals surface area contributed by atoms with E-state index in [4.69, 9.17) is 11.5 Å². The molecule has 1 aliphatic heterocycles. The molecule has 0 unspecified atom stereocenters. The van der Waals surface area contributed by atoms with E-state index in [0.29, 0.717) is 18.9 Å². The van der Waals surface area contributed by atoms with Crippen molar-refractivity contribution in [2.45, 2.75) is 13.1 Å². The molecule has 2 rings (SSSR count). The van der Waals surface area contributed by atoms with Crippen LogP contribution in [-0.4, -0.2) is 20.7 Å². The third-order valence-corrected chi connectivity index (χ3v) is 2.28. The maximum atomic E-state index is 10.8. The number of amides is 2. The summed E-state index contributed by atoms with van der Waals surface area (Å²) < 4.78 is 1.61. The van der Waals surface area contributed by atoms with Gasteiger partial charge in [-0.15, -0.1) is 0 Å². The lowest BCUT2D eigenvalue weighted by molar-refractivity contribution is 0.207. The van der Waals surface area contributed by atoms with Crippen LogP contribution >= 0.6 is 0 Å². The Bertz CT molecular complexity index is 369. The number of nitrogens with two attached hydrogens (primary N) is 2. The average Bonchev–Trinajstić information content (AvgIpc) is 2.55. The molecule has 2 amide bonds. The third-order valence-electron chi connectivity index (χ3n) is 2.28. The van der Waals surface area contributed by atoms with Crippen LogP contribution in [0.25, 0.3) is 0 Å². The van der Waals surface area contributed by atoms with Crippen LogP contribution in [0.3, 0.4) is 0 Å². The van der Waals surface area contributed by atoms with E-state index in [9.17, 15) is 4.79 Å². The molecule has 0 saturated heterocycles. The number of hydrogen-bond acceptors (Lipinski definition) is 3. The zero-order chi connectivity index (χ0) is 9.59. The van der Waals surface area contributed by atoms with Crippen LogP contribution in [0.15, 0.2) is 0 Å². The molecule has 0 bridgehead atoms. The van der Waals surface area contributed by atoms with Crippen LogP contribution in [0, 0.1) is 0 Å². The Kier molecular flexibility index (Phi) is 1.45. The number of primary amides is 1. The lowest BCUT2D eigenvalue weighted by Gasteiger charge is -2.11. The van der Waals surface area contributed by atoms with Crippen molar-refractivity contribution >= 4 is 11.8 Å². The quantitative estimate of drug-likeness (QED) is 0.559. The molecule has 70 valence electrons. The highest BCUT2D eigenvalue weighted by Crippen LogP contribution is 2.25. The molecule has 0 aliphatic carbocycles. The summed E-state index contributed by atoms with van der Waals surface area (Å²) in [6.45, 7) is 0.944. The number of carbonyl (C=O) groups excluding carboxylic acids is 1. The van der Waals surface area contributed by atoms with Gasteiger partial charge < -0.3 is 16.4 Å². The van der Waals surface area contributed by atoms with Crippen LogP contribution < -0.4 is 11.5 Å². The van der Waals surface area contributed by atoms with Gasteiger partial charge in [0.1, 0.15) is 5.82 Å². The molecular weight excluding hydrogens is 170 g/mol. The predicted octanol–water partition coefficient (Wildman–Crippen LogP) is -0.603. The number of rotatable bonds is 0. The number of carbonyl (C=O) groups is 1. The molecule has 0 spiro atoms. The molecule has 0 aromatic carbocycles. The minimum absolute atomic E-state index is 0.431. The Balaban J connectivity index is 2.33. The zero-order valence-electron chi connectivity index (χ0n) is 7.32. The van der Waals surface area contributed by atoms with Crippen LogP contribution in [0.4, 0.5) is 10.6 Å². The van der Waals surface area contributed by atoms with Crippen molar-refractivity contribution in [1.29, 1.82) is 0 Å². The van der Waals surface area contributed by atoms with E-state index in [1.165, 1.54) is 4.90 Å². The molecule has 13 heavy (non-hydrogen) atoms. The molecule has 2 heterocycles. The molecule has 4 N–H and O–H groups in total. The third kappa shape index (κ3) is 1.02. The number of urea groups is 1. The summed E-state index contributed by atoms with van der Waals surface area (Å²) in [5.74, 6) is 0.610. The molecular formula is C7H11N5O.